The van der Waals surface area contributed by atoms with Gasteiger partial charge in [-0.3, -0.25) is 24.0 Å². The van der Waals surface area contributed by atoms with Crippen LogP contribution >= 0.6 is 34.0 Å². The Hall–Kier alpha value is -4.71. The second-order valence-corrected chi connectivity index (χ2v) is 17.9. The highest BCUT2D eigenvalue weighted by Crippen LogP contribution is 2.28. The molecule has 13 nitrogen and oxygen atoms in total. The number of amides is 5. The standard InChI is InChI=1S/C41H50N8O5S3/c42-16-6-5-11-30(36(43)50)46-37(51)31(22-27-10-7-19-55-27)47-38(52)32(23-28-20-25-8-1-3-12-34(25)56-28)48-39(53)33(49-40(54)41(44)14-17-45-18-15-41)24-29-21-26-9-2-4-13-35(26)57-29/h1-4,7-10,12-13,19-21,30-33,45H,5-6,11,14-18,22-24,42,44H2,(H2,43,50)(H,46,51)(H,47,52)(H,48,53)(H,49,54)/t30-,31-,32+,33+/m0/s1. The van der Waals surface area contributed by atoms with Crippen molar-refractivity contribution in [3.63, 3.8) is 0 Å². The van der Waals surface area contributed by atoms with Crippen molar-refractivity contribution in [3.8, 4) is 0 Å². The number of benzene rings is 2. The molecule has 0 radical (unpaired) electrons. The van der Waals surface area contributed by atoms with Gasteiger partial charge in [-0.2, -0.15) is 0 Å². The molecule has 1 saturated heterocycles. The fourth-order valence-electron chi connectivity index (χ4n) is 6.93. The number of nitrogens with one attached hydrogen (secondary N) is 5. The topological polar surface area (TPSA) is 224 Å². The summed E-state index contributed by atoms with van der Waals surface area (Å²) in [7, 11) is 0. The Labute approximate surface area is 343 Å². The monoisotopic (exact) mass is 830 g/mol. The number of thiophene rings is 3. The molecule has 3 aromatic heterocycles. The third kappa shape index (κ3) is 11.2. The third-order valence-corrected chi connectivity index (χ3v) is 13.4. The van der Waals surface area contributed by atoms with Crippen molar-refractivity contribution in [3.05, 3.63) is 92.8 Å². The molecular weight excluding hydrogens is 781 g/mol. The summed E-state index contributed by atoms with van der Waals surface area (Å²) in [5.41, 5.74) is 16.7. The quantitative estimate of drug-likeness (QED) is 0.0577. The van der Waals surface area contributed by atoms with E-state index in [1.807, 2.05) is 78.2 Å². The molecule has 1 fully saturated rings. The van der Waals surface area contributed by atoms with E-state index in [-0.39, 0.29) is 19.3 Å². The molecular formula is C41H50N8O5S3. The summed E-state index contributed by atoms with van der Waals surface area (Å²) in [6.45, 7) is 1.58. The summed E-state index contributed by atoms with van der Waals surface area (Å²) in [5, 5.41) is 18.7. The predicted molar refractivity (Wildman–Crippen MR) is 228 cm³/mol. The maximum Gasteiger partial charge on any atom is 0.243 e. The highest BCUT2D eigenvalue weighted by molar-refractivity contribution is 7.19. The van der Waals surface area contributed by atoms with Crippen molar-refractivity contribution in [2.75, 3.05) is 19.6 Å². The largest absolute Gasteiger partial charge is 0.368 e. The molecule has 4 atom stereocenters. The van der Waals surface area contributed by atoms with Crippen molar-refractivity contribution in [2.45, 2.75) is 81.1 Å². The minimum Gasteiger partial charge on any atom is -0.368 e. The Kier molecular flexibility index (Phi) is 14.4. The summed E-state index contributed by atoms with van der Waals surface area (Å²) in [5.74, 6) is -2.86. The Balaban J connectivity index is 1.28. The first kappa shape index (κ1) is 41.9. The van der Waals surface area contributed by atoms with Gasteiger partial charge in [-0.05, 0) is 98.2 Å². The second-order valence-electron chi connectivity index (χ2n) is 14.5. The Morgan fingerprint density at radius 2 is 1.18 bits per heavy atom. The van der Waals surface area contributed by atoms with E-state index in [2.05, 4.69) is 26.6 Å². The molecule has 0 spiro atoms. The number of unbranched alkanes of at least 4 members (excludes halogenated alkanes) is 1. The Bertz CT molecular complexity index is 2100. The van der Waals surface area contributed by atoms with Crippen LogP contribution in [0.3, 0.4) is 0 Å². The summed E-state index contributed by atoms with van der Waals surface area (Å²) < 4.78 is 2.06. The SMILES string of the molecule is NCCCC[C@H](NC(=O)[C@H](Cc1cccs1)NC(=O)[C@@H](Cc1cc2ccccc2s1)NC(=O)[C@@H](Cc1cc2ccccc2s1)NC(=O)C1(N)CCNCC1)C(N)=O. The molecule has 1 aliphatic rings. The lowest BCUT2D eigenvalue weighted by molar-refractivity contribution is -0.135. The zero-order valence-electron chi connectivity index (χ0n) is 31.6. The zero-order valence-corrected chi connectivity index (χ0v) is 34.0. The number of nitrogens with two attached hydrogens (primary N) is 3. The summed E-state index contributed by atoms with van der Waals surface area (Å²) in [4.78, 5) is 71.5. The molecule has 11 N–H and O–H groups in total. The van der Waals surface area contributed by atoms with E-state index in [4.69, 9.17) is 17.2 Å². The van der Waals surface area contributed by atoms with Gasteiger partial charge in [0.2, 0.25) is 29.5 Å². The normalized spacial score (nSPS) is 16.0. The fraction of sp³-hybridized carbons (Fsp3) is 0.390. The van der Waals surface area contributed by atoms with Crippen LogP contribution < -0.4 is 43.8 Å². The average Bonchev–Trinajstić information content (AvgIpc) is 3.96. The van der Waals surface area contributed by atoms with Gasteiger partial charge in [-0.15, -0.1) is 34.0 Å². The van der Waals surface area contributed by atoms with Gasteiger partial charge in [0, 0.05) is 43.3 Å². The van der Waals surface area contributed by atoms with Gasteiger partial charge in [0.15, 0.2) is 0 Å². The number of primary amides is 1. The lowest BCUT2D eigenvalue weighted by atomic mass is 9.88. The van der Waals surface area contributed by atoms with Crippen molar-refractivity contribution in [1.82, 2.24) is 26.6 Å². The van der Waals surface area contributed by atoms with Crippen LogP contribution in [0.25, 0.3) is 20.2 Å². The van der Waals surface area contributed by atoms with Crippen LogP contribution in [-0.4, -0.2) is 78.9 Å². The van der Waals surface area contributed by atoms with Crippen molar-refractivity contribution >= 4 is 83.7 Å². The van der Waals surface area contributed by atoms with E-state index in [0.717, 1.165) is 34.8 Å². The highest BCUT2D eigenvalue weighted by Gasteiger charge is 2.38. The lowest BCUT2D eigenvalue weighted by Gasteiger charge is -2.34. The highest BCUT2D eigenvalue weighted by atomic mass is 32.1. The van der Waals surface area contributed by atoms with Crippen LogP contribution in [0.4, 0.5) is 0 Å². The molecule has 4 heterocycles. The van der Waals surface area contributed by atoms with E-state index in [1.54, 1.807) is 0 Å². The molecule has 6 rings (SSSR count). The summed E-state index contributed by atoms with van der Waals surface area (Å²) in [6, 6.07) is 19.1. The van der Waals surface area contributed by atoms with E-state index in [0.29, 0.717) is 51.7 Å². The van der Waals surface area contributed by atoms with E-state index in [1.165, 1.54) is 34.0 Å². The second kappa shape index (κ2) is 19.6. The van der Waals surface area contributed by atoms with Gasteiger partial charge in [-0.25, -0.2) is 0 Å². The van der Waals surface area contributed by atoms with Gasteiger partial charge in [0.1, 0.15) is 24.2 Å². The molecule has 0 unspecified atom stereocenters. The van der Waals surface area contributed by atoms with Crippen LogP contribution in [0.1, 0.15) is 46.7 Å². The number of hydrogen-bond donors (Lipinski definition) is 8. The first-order valence-electron chi connectivity index (χ1n) is 19.2. The molecule has 5 aromatic rings. The van der Waals surface area contributed by atoms with Gasteiger partial charge in [0.25, 0.3) is 0 Å². The number of carbonyl (C=O) groups excluding carboxylic acids is 5. The predicted octanol–water partition coefficient (Wildman–Crippen LogP) is 2.84. The average molecular weight is 831 g/mol. The van der Waals surface area contributed by atoms with Crippen LogP contribution in [0.5, 0.6) is 0 Å². The smallest absolute Gasteiger partial charge is 0.243 e. The first-order valence-corrected chi connectivity index (χ1v) is 21.7. The third-order valence-electron chi connectivity index (χ3n) is 10.2. The van der Waals surface area contributed by atoms with E-state index < -0.39 is 59.2 Å². The molecule has 0 saturated carbocycles. The van der Waals surface area contributed by atoms with Gasteiger partial charge < -0.3 is 43.8 Å². The molecule has 302 valence electrons. The number of fused-ring (bicyclic) bond motifs is 2. The maximum atomic E-state index is 14.5. The van der Waals surface area contributed by atoms with Crippen LogP contribution in [0, 0.1) is 0 Å². The number of carbonyl (C=O) groups is 5. The fourth-order valence-corrected chi connectivity index (χ4v) is 9.90. The molecule has 57 heavy (non-hydrogen) atoms. The lowest BCUT2D eigenvalue weighted by Crippen LogP contribution is -2.63. The number of rotatable bonds is 19. The van der Waals surface area contributed by atoms with Crippen LogP contribution in [0.15, 0.2) is 78.2 Å². The molecule has 0 bridgehead atoms. The first-order chi connectivity index (χ1) is 27.5. The molecule has 1 aliphatic heterocycles. The molecule has 0 aliphatic carbocycles. The maximum absolute atomic E-state index is 14.5. The van der Waals surface area contributed by atoms with E-state index in [9.17, 15) is 24.0 Å². The van der Waals surface area contributed by atoms with Crippen LogP contribution in [-0.2, 0) is 43.2 Å². The summed E-state index contributed by atoms with van der Waals surface area (Å²) >= 11 is 4.46. The number of piperidine rings is 1. The van der Waals surface area contributed by atoms with Crippen molar-refractivity contribution < 1.29 is 24.0 Å². The zero-order chi connectivity index (χ0) is 40.4. The van der Waals surface area contributed by atoms with E-state index >= 15 is 0 Å². The minimum atomic E-state index is -1.16. The molecule has 5 amide bonds. The minimum absolute atomic E-state index is 0.114. The molecule has 16 heteroatoms. The van der Waals surface area contributed by atoms with Gasteiger partial charge >= 0.3 is 0 Å². The summed E-state index contributed by atoms with van der Waals surface area (Å²) in [6.07, 6.45) is 2.78. The number of hydrogen-bond acceptors (Lipinski definition) is 11. The Morgan fingerprint density at radius 3 is 1.67 bits per heavy atom. The Morgan fingerprint density at radius 1 is 0.667 bits per heavy atom. The van der Waals surface area contributed by atoms with Gasteiger partial charge in [-0.1, -0.05) is 42.5 Å². The molecule has 2 aromatic carbocycles. The van der Waals surface area contributed by atoms with Crippen molar-refractivity contribution in [2.24, 2.45) is 17.2 Å². The van der Waals surface area contributed by atoms with Crippen molar-refractivity contribution in [1.29, 1.82) is 0 Å². The van der Waals surface area contributed by atoms with Crippen LogP contribution in [0.2, 0.25) is 0 Å². The van der Waals surface area contributed by atoms with Gasteiger partial charge in [0.05, 0.1) is 5.54 Å².